The summed E-state index contributed by atoms with van der Waals surface area (Å²) in [4.78, 5) is 42.5. The SMILES string of the molecule is Cn1nnc(COc2ccc(Cl)c3c2[C@@H](CN2CC4(CC4)CC2=O)N(C(=O)C2OCCCC2C(=O)O)CC3)c1C(F)F. The molecule has 0 bridgehead atoms. The van der Waals surface area contributed by atoms with Crippen molar-refractivity contribution in [2.24, 2.45) is 18.4 Å². The van der Waals surface area contributed by atoms with Crippen LogP contribution in [0.5, 0.6) is 5.75 Å². The second-order valence-electron chi connectivity index (χ2n) is 11.7. The quantitative estimate of drug-likeness (QED) is 0.484. The zero-order valence-corrected chi connectivity index (χ0v) is 23.9. The summed E-state index contributed by atoms with van der Waals surface area (Å²) in [6.45, 7) is 0.937. The minimum absolute atomic E-state index is 0.00465. The summed E-state index contributed by atoms with van der Waals surface area (Å²) in [5, 5.41) is 17.8. The third-order valence-corrected chi connectivity index (χ3v) is 9.36. The van der Waals surface area contributed by atoms with Gasteiger partial charge >= 0.3 is 5.97 Å². The van der Waals surface area contributed by atoms with E-state index in [1.54, 1.807) is 21.9 Å². The first-order valence-corrected chi connectivity index (χ1v) is 14.5. The average molecular weight is 608 g/mol. The van der Waals surface area contributed by atoms with Crippen LogP contribution < -0.4 is 4.74 Å². The van der Waals surface area contributed by atoms with Crippen LogP contribution in [0.4, 0.5) is 8.78 Å². The maximum Gasteiger partial charge on any atom is 0.309 e. The van der Waals surface area contributed by atoms with Crippen molar-refractivity contribution in [1.82, 2.24) is 24.8 Å². The molecule has 1 spiro atoms. The molecule has 1 aromatic carbocycles. The summed E-state index contributed by atoms with van der Waals surface area (Å²) in [5.74, 6) is -2.25. The van der Waals surface area contributed by atoms with E-state index in [-0.39, 0.29) is 49.0 Å². The summed E-state index contributed by atoms with van der Waals surface area (Å²) in [6, 6.07) is 2.55. The van der Waals surface area contributed by atoms with Crippen molar-refractivity contribution in [3.63, 3.8) is 0 Å². The molecule has 4 aliphatic rings. The van der Waals surface area contributed by atoms with Crippen molar-refractivity contribution in [3.05, 3.63) is 39.7 Å². The lowest BCUT2D eigenvalue weighted by Crippen LogP contribution is -2.53. The predicted molar refractivity (Wildman–Crippen MR) is 143 cm³/mol. The normalized spacial score (nSPS) is 24.8. The van der Waals surface area contributed by atoms with E-state index in [1.165, 1.54) is 7.05 Å². The van der Waals surface area contributed by atoms with E-state index < -0.39 is 36.4 Å². The summed E-state index contributed by atoms with van der Waals surface area (Å²) in [7, 11) is 1.37. The van der Waals surface area contributed by atoms with Gasteiger partial charge in [-0.3, -0.25) is 14.4 Å². The number of hydrogen-bond donors (Lipinski definition) is 1. The van der Waals surface area contributed by atoms with E-state index in [0.717, 1.165) is 23.1 Å². The number of carbonyl (C=O) groups is 3. The number of hydrogen-bond acceptors (Lipinski definition) is 7. The minimum atomic E-state index is -2.81. The van der Waals surface area contributed by atoms with E-state index in [1.807, 2.05) is 0 Å². The van der Waals surface area contributed by atoms with Crippen molar-refractivity contribution in [2.45, 2.75) is 63.7 Å². The number of carboxylic acids is 1. The summed E-state index contributed by atoms with van der Waals surface area (Å²) >= 11 is 6.64. The number of carbonyl (C=O) groups excluding carboxylic acids is 2. The molecule has 11 nitrogen and oxygen atoms in total. The highest BCUT2D eigenvalue weighted by molar-refractivity contribution is 6.31. The number of aliphatic carboxylic acids is 1. The van der Waals surface area contributed by atoms with Gasteiger partial charge in [-0.2, -0.15) is 0 Å². The number of likely N-dealkylation sites (tertiary alicyclic amines) is 1. The summed E-state index contributed by atoms with van der Waals surface area (Å²) in [6.07, 6.45) is -0.371. The van der Waals surface area contributed by atoms with Gasteiger partial charge in [-0.1, -0.05) is 16.8 Å². The molecule has 4 heterocycles. The Hall–Kier alpha value is -3.32. The minimum Gasteiger partial charge on any atom is -0.487 e. The molecule has 1 N–H and O–H groups in total. The number of halogens is 3. The monoisotopic (exact) mass is 607 g/mol. The third kappa shape index (κ3) is 5.21. The first kappa shape index (κ1) is 28.8. The van der Waals surface area contributed by atoms with Crippen LogP contribution in [-0.4, -0.2) is 80.0 Å². The number of aryl methyl sites for hydroxylation is 1. The number of alkyl halides is 2. The van der Waals surface area contributed by atoms with Crippen molar-refractivity contribution >= 4 is 29.4 Å². The van der Waals surface area contributed by atoms with Crippen LogP contribution in [0.2, 0.25) is 5.02 Å². The summed E-state index contributed by atoms with van der Waals surface area (Å²) in [5.41, 5.74) is 0.884. The molecule has 226 valence electrons. The lowest BCUT2D eigenvalue weighted by atomic mass is 9.88. The Morgan fingerprint density at radius 1 is 1.31 bits per heavy atom. The summed E-state index contributed by atoms with van der Waals surface area (Å²) < 4.78 is 40.1. The standard InChI is InChI=1S/C28H32ClF2N5O6/c1-34-23(25(30)31)18(32-33-34)13-42-20-5-4-17(29)15-6-9-36(26(38)24-16(27(39)40)3-2-10-41-24)19(22(15)20)12-35-14-28(7-8-28)11-21(35)37/h4-5,16,19,24-25H,2-3,6-14H2,1H3,(H,39,40)/t16?,19-,24?/m1/s1. The molecule has 3 atom stereocenters. The lowest BCUT2D eigenvalue weighted by Gasteiger charge is -2.42. The average Bonchev–Trinajstić information content (AvgIpc) is 3.49. The van der Waals surface area contributed by atoms with Gasteiger partial charge in [-0.05, 0) is 55.2 Å². The van der Waals surface area contributed by atoms with Gasteiger partial charge in [-0.15, -0.1) is 5.10 Å². The molecule has 3 fully saturated rings. The largest absolute Gasteiger partial charge is 0.487 e. The zero-order valence-electron chi connectivity index (χ0n) is 23.1. The molecule has 1 saturated carbocycles. The van der Waals surface area contributed by atoms with Crippen LogP contribution in [0.1, 0.15) is 67.1 Å². The van der Waals surface area contributed by atoms with E-state index in [4.69, 9.17) is 21.1 Å². The number of fused-ring (bicyclic) bond motifs is 1. The molecule has 6 rings (SSSR count). The Balaban J connectivity index is 1.36. The number of rotatable bonds is 8. The van der Waals surface area contributed by atoms with Crippen LogP contribution in [0.15, 0.2) is 12.1 Å². The first-order chi connectivity index (χ1) is 20.1. The highest BCUT2D eigenvalue weighted by Gasteiger charge is 2.53. The molecule has 2 unspecified atom stereocenters. The number of aromatic nitrogens is 3. The van der Waals surface area contributed by atoms with Crippen molar-refractivity contribution in [2.75, 3.05) is 26.2 Å². The molecular formula is C28H32ClF2N5O6. The number of benzene rings is 1. The number of ether oxygens (including phenoxy) is 2. The van der Waals surface area contributed by atoms with E-state index >= 15 is 0 Å². The molecule has 1 aromatic heterocycles. The highest BCUT2D eigenvalue weighted by Crippen LogP contribution is 2.54. The molecule has 3 aliphatic heterocycles. The smallest absolute Gasteiger partial charge is 0.309 e. The maximum atomic E-state index is 14.0. The van der Waals surface area contributed by atoms with Gasteiger partial charge in [0.25, 0.3) is 12.3 Å². The Bertz CT molecular complexity index is 1420. The van der Waals surface area contributed by atoms with Crippen molar-refractivity contribution < 1.29 is 37.7 Å². The Kier molecular flexibility index (Phi) is 7.58. The molecule has 1 aliphatic carbocycles. The Morgan fingerprint density at radius 3 is 2.79 bits per heavy atom. The van der Waals surface area contributed by atoms with Gasteiger partial charge in [0.15, 0.2) is 0 Å². The third-order valence-electron chi connectivity index (χ3n) is 9.01. The number of amides is 2. The topological polar surface area (TPSA) is 127 Å². The van der Waals surface area contributed by atoms with Crippen molar-refractivity contribution in [3.8, 4) is 5.75 Å². The van der Waals surface area contributed by atoms with Gasteiger partial charge in [0.1, 0.15) is 29.8 Å². The van der Waals surface area contributed by atoms with Crippen LogP contribution in [-0.2, 0) is 39.2 Å². The molecule has 14 heteroatoms. The van der Waals surface area contributed by atoms with E-state index in [9.17, 15) is 28.3 Å². The molecule has 0 radical (unpaired) electrons. The fourth-order valence-corrected chi connectivity index (χ4v) is 6.85. The zero-order chi connectivity index (χ0) is 29.8. The van der Waals surface area contributed by atoms with Gasteiger partial charge in [0, 0.05) is 50.3 Å². The molecule has 2 saturated heterocycles. The van der Waals surface area contributed by atoms with Crippen LogP contribution in [0, 0.1) is 11.3 Å². The fraction of sp³-hybridized carbons (Fsp3) is 0.607. The maximum absolute atomic E-state index is 14.0. The lowest BCUT2D eigenvalue weighted by molar-refractivity contribution is -0.166. The molecule has 2 amide bonds. The van der Waals surface area contributed by atoms with Gasteiger partial charge in [0.05, 0.1) is 12.0 Å². The van der Waals surface area contributed by atoms with Crippen molar-refractivity contribution in [1.29, 1.82) is 0 Å². The first-order valence-electron chi connectivity index (χ1n) is 14.1. The van der Waals surface area contributed by atoms with Crippen LogP contribution in [0.25, 0.3) is 0 Å². The molecule has 42 heavy (non-hydrogen) atoms. The number of carboxylic acid groups (broad SMARTS) is 1. The number of nitrogens with zero attached hydrogens (tertiary/aromatic N) is 5. The Labute approximate surface area is 245 Å². The molecular weight excluding hydrogens is 576 g/mol. The molecule has 2 aromatic rings. The second-order valence-corrected chi connectivity index (χ2v) is 12.1. The second kappa shape index (κ2) is 11.1. The fourth-order valence-electron chi connectivity index (χ4n) is 6.59. The van der Waals surface area contributed by atoms with Gasteiger partial charge in [-0.25, -0.2) is 13.5 Å². The predicted octanol–water partition coefficient (Wildman–Crippen LogP) is 3.30. The van der Waals surface area contributed by atoms with E-state index in [0.29, 0.717) is 48.6 Å². The van der Waals surface area contributed by atoms with Crippen LogP contribution in [0.3, 0.4) is 0 Å². The van der Waals surface area contributed by atoms with Gasteiger partial charge in [0.2, 0.25) is 5.91 Å². The van der Waals surface area contributed by atoms with E-state index in [2.05, 4.69) is 10.3 Å². The Morgan fingerprint density at radius 2 is 2.10 bits per heavy atom. The van der Waals surface area contributed by atoms with Crippen LogP contribution >= 0.6 is 11.6 Å². The van der Waals surface area contributed by atoms with Gasteiger partial charge < -0.3 is 24.4 Å². The highest BCUT2D eigenvalue weighted by atomic mass is 35.5.